The summed E-state index contributed by atoms with van der Waals surface area (Å²) in [6.07, 6.45) is 7.53. The summed E-state index contributed by atoms with van der Waals surface area (Å²) in [5.41, 5.74) is 2.78. The Bertz CT molecular complexity index is 1180. The van der Waals surface area contributed by atoms with Crippen molar-refractivity contribution >= 4 is 5.91 Å². The van der Waals surface area contributed by atoms with E-state index in [9.17, 15) is 4.79 Å². The Morgan fingerprint density at radius 1 is 1.17 bits per heavy atom. The number of piperidine rings is 1. The molecule has 1 amide bonds. The van der Waals surface area contributed by atoms with Crippen LogP contribution in [-0.2, 0) is 0 Å². The number of carbonyl (C=O) groups is 1. The fourth-order valence-corrected chi connectivity index (χ4v) is 4.57. The van der Waals surface area contributed by atoms with Gasteiger partial charge in [0.1, 0.15) is 11.5 Å². The van der Waals surface area contributed by atoms with Crippen LogP contribution in [0.5, 0.6) is 11.5 Å². The number of aromatic nitrogens is 4. The Morgan fingerprint density at radius 3 is 2.74 bits per heavy atom. The zero-order valence-corrected chi connectivity index (χ0v) is 21.2. The molecule has 0 spiro atoms. The second-order valence-corrected chi connectivity index (χ2v) is 9.10. The molecule has 0 aliphatic carbocycles. The smallest absolute Gasteiger partial charge is 0.257 e. The van der Waals surface area contributed by atoms with Gasteiger partial charge in [-0.1, -0.05) is 0 Å². The van der Waals surface area contributed by atoms with Gasteiger partial charge in [0.25, 0.3) is 11.9 Å². The van der Waals surface area contributed by atoms with Crippen molar-refractivity contribution in [1.29, 1.82) is 0 Å². The molecular formula is C26H34N6O3. The molecule has 35 heavy (non-hydrogen) atoms. The van der Waals surface area contributed by atoms with E-state index in [1.807, 2.05) is 36.1 Å². The van der Waals surface area contributed by atoms with Crippen molar-refractivity contribution in [2.45, 2.75) is 38.6 Å². The van der Waals surface area contributed by atoms with Gasteiger partial charge in [0, 0.05) is 24.3 Å². The summed E-state index contributed by atoms with van der Waals surface area (Å²) in [6, 6.07) is 7.62. The summed E-state index contributed by atoms with van der Waals surface area (Å²) in [5, 5.41) is 4.49. The average Bonchev–Trinajstić information content (AvgIpc) is 3.28. The number of methoxy groups -OCH3 is 2. The highest BCUT2D eigenvalue weighted by Gasteiger charge is 2.29. The maximum absolute atomic E-state index is 13.6. The number of hydrogen-bond donors (Lipinski definition) is 0. The normalized spacial score (nSPS) is 15.9. The Balaban J connectivity index is 1.63. The zero-order valence-electron chi connectivity index (χ0n) is 21.2. The molecule has 1 saturated heterocycles. The Hall–Kier alpha value is -3.46. The Labute approximate surface area is 206 Å². The van der Waals surface area contributed by atoms with Gasteiger partial charge in [-0.05, 0) is 77.5 Å². The molecular weight excluding hydrogens is 444 g/mol. The number of nitrogens with zero attached hydrogens (tertiary/aromatic N) is 6. The largest absolute Gasteiger partial charge is 0.497 e. The van der Waals surface area contributed by atoms with Crippen molar-refractivity contribution < 1.29 is 14.3 Å². The maximum Gasteiger partial charge on any atom is 0.257 e. The summed E-state index contributed by atoms with van der Waals surface area (Å²) in [6.45, 7) is 3.63. The molecule has 3 heterocycles. The van der Waals surface area contributed by atoms with Crippen LogP contribution in [0.25, 0.3) is 17.2 Å². The molecule has 4 rings (SSSR count). The summed E-state index contributed by atoms with van der Waals surface area (Å²) in [5.74, 6) is 1.81. The predicted molar refractivity (Wildman–Crippen MR) is 134 cm³/mol. The lowest BCUT2D eigenvalue weighted by Gasteiger charge is -2.36. The number of carbonyl (C=O) groups excluding carboxylic acids is 1. The van der Waals surface area contributed by atoms with Gasteiger partial charge in [0.2, 0.25) is 0 Å². The molecule has 0 N–H and O–H groups in total. The summed E-state index contributed by atoms with van der Waals surface area (Å²) in [4.78, 5) is 26.9. The number of rotatable bonds is 8. The van der Waals surface area contributed by atoms with Crippen LogP contribution in [0.4, 0.5) is 0 Å². The van der Waals surface area contributed by atoms with Crippen molar-refractivity contribution in [2.24, 2.45) is 0 Å². The van der Waals surface area contributed by atoms with Crippen molar-refractivity contribution in [1.82, 2.24) is 29.5 Å². The molecule has 9 heteroatoms. The zero-order chi connectivity index (χ0) is 24.9. The van der Waals surface area contributed by atoms with Gasteiger partial charge in [-0.15, -0.1) is 0 Å². The van der Waals surface area contributed by atoms with Crippen LogP contribution >= 0.6 is 0 Å². The molecule has 1 aromatic carbocycles. The van der Waals surface area contributed by atoms with Crippen LogP contribution in [0.15, 0.2) is 36.7 Å². The summed E-state index contributed by atoms with van der Waals surface area (Å²) in [7, 11) is 7.38. The van der Waals surface area contributed by atoms with Crippen molar-refractivity contribution in [3.63, 3.8) is 0 Å². The third-order valence-electron chi connectivity index (χ3n) is 6.55. The highest BCUT2D eigenvalue weighted by molar-refractivity contribution is 5.95. The SMILES string of the molecule is COc1ccc(OC)c(-c2ccnc(-n3ncc(C(=O)N4CCCC[C@H]4CCN(C)C)c3C)n2)c1. The molecule has 0 unspecified atom stereocenters. The first-order chi connectivity index (χ1) is 16.9. The second kappa shape index (κ2) is 10.9. The lowest BCUT2D eigenvalue weighted by molar-refractivity contribution is 0.0590. The third-order valence-corrected chi connectivity index (χ3v) is 6.55. The number of ether oxygens (including phenoxy) is 2. The number of benzene rings is 1. The van der Waals surface area contributed by atoms with Crippen LogP contribution in [0, 0.1) is 6.92 Å². The number of amides is 1. The van der Waals surface area contributed by atoms with Crippen molar-refractivity contribution in [3.8, 4) is 28.7 Å². The van der Waals surface area contributed by atoms with Crippen LogP contribution in [-0.4, -0.2) is 82.9 Å². The molecule has 2 aromatic heterocycles. The second-order valence-electron chi connectivity index (χ2n) is 9.10. The first-order valence-electron chi connectivity index (χ1n) is 12.0. The first-order valence-corrected chi connectivity index (χ1v) is 12.0. The molecule has 0 bridgehead atoms. The van der Waals surface area contributed by atoms with Gasteiger partial charge in [-0.2, -0.15) is 5.10 Å². The molecule has 186 valence electrons. The molecule has 3 aromatic rings. The fraction of sp³-hybridized carbons (Fsp3) is 0.462. The van der Waals surface area contributed by atoms with Gasteiger partial charge >= 0.3 is 0 Å². The van der Waals surface area contributed by atoms with Crippen LogP contribution in [0.2, 0.25) is 0 Å². The molecule has 0 saturated carbocycles. The molecule has 1 aliphatic heterocycles. The molecule has 9 nitrogen and oxygen atoms in total. The molecule has 1 fully saturated rings. The maximum atomic E-state index is 13.6. The van der Waals surface area contributed by atoms with Crippen molar-refractivity contribution in [3.05, 3.63) is 47.9 Å². The minimum absolute atomic E-state index is 0.0304. The Morgan fingerprint density at radius 2 is 2.00 bits per heavy atom. The lowest BCUT2D eigenvalue weighted by atomic mass is 9.98. The van der Waals surface area contributed by atoms with E-state index >= 15 is 0 Å². The van der Waals surface area contributed by atoms with Gasteiger partial charge in [0.05, 0.1) is 37.4 Å². The highest BCUT2D eigenvalue weighted by atomic mass is 16.5. The van der Waals surface area contributed by atoms with Gasteiger partial charge in [-0.25, -0.2) is 14.6 Å². The van der Waals surface area contributed by atoms with E-state index in [2.05, 4.69) is 29.1 Å². The molecule has 1 atom stereocenters. The van der Waals surface area contributed by atoms with Gasteiger partial charge in [-0.3, -0.25) is 4.79 Å². The highest BCUT2D eigenvalue weighted by Crippen LogP contribution is 2.32. The van der Waals surface area contributed by atoms with E-state index in [1.165, 1.54) is 0 Å². The third kappa shape index (κ3) is 5.30. The first kappa shape index (κ1) is 24.7. The Kier molecular flexibility index (Phi) is 7.65. The van der Waals surface area contributed by atoms with E-state index in [0.29, 0.717) is 28.7 Å². The number of hydrogen-bond acceptors (Lipinski definition) is 7. The topological polar surface area (TPSA) is 85.6 Å². The van der Waals surface area contributed by atoms with Gasteiger partial charge in [0.15, 0.2) is 0 Å². The minimum Gasteiger partial charge on any atom is -0.497 e. The average molecular weight is 479 g/mol. The summed E-state index contributed by atoms with van der Waals surface area (Å²) < 4.78 is 12.5. The van der Waals surface area contributed by atoms with E-state index < -0.39 is 0 Å². The monoisotopic (exact) mass is 478 g/mol. The van der Waals surface area contributed by atoms with E-state index in [-0.39, 0.29) is 11.9 Å². The predicted octanol–water partition coefficient (Wildman–Crippen LogP) is 3.60. The van der Waals surface area contributed by atoms with Gasteiger partial charge < -0.3 is 19.3 Å². The van der Waals surface area contributed by atoms with E-state index in [0.717, 1.165) is 50.0 Å². The fourth-order valence-electron chi connectivity index (χ4n) is 4.57. The van der Waals surface area contributed by atoms with Crippen molar-refractivity contribution in [2.75, 3.05) is 41.4 Å². The molecule has 1 aliphatic rings. The minimum atomic E-state index is 0.0304. The van der Waals surface area contributed by atoms with Crippen LogP contribution in [0.3, 0.4) is 0 Å². The number of likely N-dealkylation sites (tertiary alicyclic amines) is 1. The van der Waals surface area contributed by atoms with E-state index in [4.69, 9.17) is 14.5 Å². The quantitative estimate of drug-likeness (QED) is 0.489. The standard InChI is InChI=1S/C26H34N6O3/c1-18-22(25(33)31-14-7-6-8-19(31)12-15-30(2)3)17-28-32(18)26-27-13-11-23(29-26)21-16-20(34-4)9-10-24(21)35-5/h9-11,13,16-17,19H,6-8,12,14-15H2,1-5H3/t19-/m0/s1. The van der Waals surface area contributed by atoms with Crippen LogP contribution < -0.4 is 9.47 Å². The van der Waals surface area contributed by atoms with E-state index in [1.54, 1.807) is 31.3 Å². The van der Waals surface area contributed by atoms with Crippen LogP contribution in [0.1, 0.15) is 41.7 Å². The lowest BCUT2D eigenvalue weighted by Crippen LogP contribution is -2.45. The molecule has 0 radical (unpaired) electrons. The summed E-state index contributed by atoms with van der Waals surface area (Å²) >= 11 is 0.